The van der Waals surface area contributed by atoms with Gasteiger partial charge in [0.25, 0.3) is 11.8 Å². The second-order valence-electron chi connectivity index (χ2n) is 6.83. The van der Waals surface area contributed by atoms with E-state index in [9.17, 15) is 9.59 Å². The minimum atomic E-state index is -0.208. The molecule has 0 bridgehead atoms. The van der Waals surface area contributed by atoms with Gasteiger partial charge in [0.2, 0.25) is 0 Å². The van der Waals surface area contributed by atoms with Crippen molar-refractivity contribution in [3.63, 3.8) is 0 Å². The third kappa shape index (κ3) is 6.47. The summed E-state index contributed by atoms with van der Waals surface area (Å²) in [5.74, 6) is 2.01. The third-order valence-electron chi connectivity index (χ3n) is 4.51. The van der Waals surface area contributed by atoms with E-state index in [2.05, 4.69) is 17.2 Å². The quantitative estimate of drug-likeness (QED) is 0.451. The SMILES string of the molecule is CCCCSCCCNC(=O)c1ccc(/C=C2/SC3C=CC=CC3=NC2=O)cc1. The number of hydrogen-bond donors (Lipinski definition) is 1. The molecule has 4 nitrogen and oxygen atoms in total. The molecule has 6 heteroatoms. The molecule has 1 N–H and O–H groups in total. The van der Waals surface area contributed by atoms with Gasteiger partial charge in [-0.1, -0.05) is 43.7 Å². The van der Waals surface area contributed by atoms with Crippen LogP contribution < -0.4 is 5.32 Å². The number of allylic oxidation sites excluding steroid dienone is 3. The van der Waals surface area contributed by atoms with E-state index in [1.807, 2.05) is 54.3 Å². The van der Waals surface area contributed by atoms with Crippen LogP contribution in [-0.2, 0) is 4.79 Å². The zero-order chi connectivity index (χ0) is 20.5. The number of aliphatic imine (C=N–C) groups is 1. The van der Waals surface area contributed by atoms with Gasteiger partial charge >= 0.3 is 0 Å². The molecule has 2 aliphatic rings. The number of nitrogens with one attached hydrogen (secondary N) is 1. The van der Waals surface area contributed by atoms with Crippen molar-refractivity contribution >= 4 is 47.1 Å². The van der Waals surface area contributed by atoms with Crippen molar-refractivity contribution in [3.8, 4) is 0 Å². The van der Waals surface area contributed by atoms with Gasteiger partial charge in [-0.3, -0.25) is 9.59 Å². The average molecular weight is 427 g/mol. The van der Waals surface area contributed by atoms with Crippen LogP contribution in [0.15, 0.2) is 58.5 Å². The molecule has 0 saturated carbocycles. The first-order valence-electron chi connectivity index (χ1n) is 9.99. The zero-order valence-corrected chi connectivity index (χ0v) is 18.2. The van der Waals surface area contributed by atoms with Gasteiger partial charge in [0.1, 0.15) is 0 Å². The maximum absolute atomic E-state index is 12.3. The molecular weight excluding hydrogens is 400 g/mol. The highest BCUT2D eigenvalue weighted by molar-refractivity contribution is 8.05. The van der Waals surface area contributed by atoms with Crippen molar-refractivity contribution in [2.45, 2.75) is 31.4 Å². The first-order valence-corrected chi connectivity index (χ1v) is 12.0. The van der Waals surface area contributed by atoms with Crippen molar-refractivity contribution < 1.29 is 9.59 Å². The van der Waals surface area contributed by atoms with Crippen molar-refractivity contribution in [1.82, 2.24) is 5.32 Å². The molecular formula is C23H26N2O2S2. The fourth-order valence-corrected chi connectivity index (χ4v) is 4.97. The molecule has 0 fully saturated rings. The minimum absolute atomic E-state index is 0.0562. The summed E-state index contributed by atoms with van der Waals surface area (Å²) in [4.78, 5) is 29.3. The van der Waals surface area contributed by atoms with E-state index in [-0.39, 0.29) is 17.1 Å². The number of carbonyl (C=O) groups is 2. The van der Waals surface area contributed by atoms with Gasteiger partial charge in [0.05, 0.1) is 15.9 Å². The Morgan fingerprint density at radius 2 is 2.00 bits per heavy atom. The summed E-state index contributed by atoms with van der Waals surface area (Å²) in [6.45, 7) is 2.89. The number of hydrogen-bond acceptors (Lipinski definition) is 4. The van der Waals surface area contributed by atoms with E-state index in [1.54, 1.807) is 12.1 Å². The van der Waals surface area contributed by atoms with Crippen LogP contribution in [0.4, 0.5) is 0 Å². The molecule has 1 heterocycles. The van der Waals surface area contributed by atoms with Crippen LogP contribution in [0.2, 0.25) is 0 Å². The lowest BCUT2D eigenvalue weighted by molar-refractivity contribution is -0.113. The Morgan fingerprint density at radius 3 is 2.79 bits per heavy atom. The minimum Gasteiger partial charge on any atom is -0.352 e. The summed E-state index contributed by atoms with van der Waals surface area (Å²) in [6.07, 6.45) is 13.1. The average Bonchev–Trinajstić information content (AvgIpc) is 2.74. The van der Waals surface area contributed by atoms with Crippen LogP contribution in [0.25, 0.3) is 6.08 Å². The number of benzene rings is 1. The van der Waals surface area contributed by atoms with Crippen LogP contribution >= 0.6 is 23.5 Å². The normalized spacial score (nSPS) is 19.2. The van der Waals surface area contributed by atoms with Crippen molar-refractivity contribution in [2.24, 2.45) is 4.99 Å². The fraction of sp³-hybridized carbons (Fsp3) is 0.348. The molecule has 3 rings (SSSR count). The molecule has 1 aromatic carbocycles. The predicted octanol–water partition coefficient (Wildman–Crippen LogP) is 4.89. The maximum Gasteiger partial charge on any atom is 0.283 e. The molecule has 0 spiro atoms. The molecule has 1 aliphatic heterocycles. The smallest absolute Gasteiger partial charge is 0.283 e. The number of unbranched alkanes of at least 4 members (excludes halogenated alkanes) is 1. The molecule has 1 unspecified atom stereocenters. The van der Waals surface area contributed by atoms with Gasteiger partial charge in [-0.2, -0.15) is 11.8 Å². The van der Waals surface area contributed by atoms with Gasteiger partial charge in [-0.15, -0.1) is 11.8 Å². The lowest BCUT2D eigenvalue weighted by Crippen LogP contribution is -2.24. The van der Waals surface area contributed by atoms with Gasteiger partial charge in [0.15, 0.2) is 0 Å². The van der Waals surface area contributed by atoms with Crippen LogP contribution in [0.3, 0.4) is 0 Å². The van der Waals surface area contributed by atoms with Gasteiger partial charge in [-0.25, -0.2) is 4.99 Å². The first-order chi connectivity index (χ1) is 14.2. The van der Waals surface area contributed by atoms with Crippen molar-refractivity contribution in [3.05, 3.63) is 64.6 Å². The molecule has 1 aromatic rings. The summed E-state index contributed by atoms with van der Waals surface area (Å²) in [5.41, 5.74) is 2.32. The number of thioether (sulfide) groups is 2. The van der Waals surface area contributed by atoms with Gasteiger partial charge in [0, 0.05) is 12.1 Å². The number of nitrogens with zero attached hydrogens (tertiary/aromatic N) is 1. The molecule has 1 atom stereocenters. The second kappa shape index (κ2) is 11.2. The van der Waals surface area contributed by atoms with E-state index >= 15 is 0 Å². The predicted molar refractivity (Wildman–Crippen MR) is 126 cm³/mol. The Balaban J connectivity index is 1.51. The largest absolute Gasteiger partial charge is 0.352 e. The molecule has 1 aliphatic carbocycles. The molecule has 152 valence electrons. The van der Waals surface area contributed by atoms with Crippen LogP contribution in [0.5, 0.6) is 0 Å². The van der Waals surface area contributed by atoms with E-state index in [4.69, 9.17) is 0 Å². The van der Waals surface area contributed by atoms with Crippen LogP contribution in [0, 0.1) is 0 Å². The van der Waals surface area contributed by atoms with Crippen molar-refractivity contribution in [1.29, 1.82) is 0 Å². The molecule has 2 amide bonds. The lowest BCUT2D eigenvalue weighted by atomic mass is 10.1. The van der Waals surface area contributed by atoms with Gasteiger partial charge < -0.3 is 5.32 Å². The van der Waals surface area contributed by atoms with E-state index in [0.717, 1.165) is 23.4 Å². The van der Waals surface area contributed by atoms with Crippen LogP contribution in [-0.4, -0.2) is 40.8 Å². The molecule has 0 aromatic heterocycles. The number of amides is 2. The number of carbonyl (C=O) groups excluding carboxylic acids is 2. The fourth-order valence-electron chi connectivity index (χ4n) is 2.88. The monoisotopic (exact) mass is 426 g/mol. The second-order valence-corrected chi connectivity index (χ2v) is 9.24. The highest BCUT2D eigenvalue weighted by atomic mass is 32.2. The summed E-state index contributed by atoms with van der Waals surface area (Å²) in [7, 11) is 0. The summed E-state index contributed by atoms with van der Waals surface area (Å²) in [6, 6.07) is 7.33. The molecule has 29 heavy (non-hydrogen) atoms. The van der Waals surface area contributed by atoms with Gasteiger partial charge in [-0.05, 0) is 54.2 Å². The summed E-state index contributed by atoms with van der Waals surface area (Å²) >= 11 is 3.46. The molecule has 0 radical (unpaired) electrons. The van der Waals surface area contributed by atoms with E-state index < -0.39 is 0 Å². The zero-order valence-electron chi connectivity index (χ0n) is 16.6. The topological polar surface area (TPSA) is 58.5 Å². The Bertz CT molecular complexity index is 854. The van der Waals surface area contributed by atoms with E-state index in [1.165, 1.54) is 30.4 Å². The number of fused-ring (bicyclic) bond motifs is 1. The Labute approximate surface area is 181 Å². The lowest BCUT2D eigenvalue weighted by Gasteiger charge is -2.20. The molecule has 0 saturated heterocycles. The Kier molecular flexibility index (Phi) is 8.38. The highest BCUT2D eigenvalue weighted by Crippen LogP contribution is 2.32. The summed E-state index contributed by atoms with van der Waals surface area (Å²) in [5, 5.41) is 3.06. The standard InChI is InChI=1S/C23H26N2O2S2/c1-2-3-14-28-15-6-13-24-22(26)18-11-9-17(10-12-18)16-21-23(27)25-19-7-4-5-8-20(19)29-21/h4-5,7-12,16,20H,2-3,6,13-15H2,1H3,(H,24,26)/b21-16+. The third-order valence-corrected chi connectivity index (χ3v) is 6.87. The Hall–Kier alpha value is -2.05. The number of rotatable bonds is 9. The van der Waals surface area contributed by atoms with E-state index in [0.29, 0.717) is 17.0 Å². The first kappa shape index (κ1) is 21.7. The summed E-state index contributed by atoms with van der Waals surface area (Å²) < 4.78 is 0. The van der Waals surface area contributed by atoms with Crippen molar-refractivity contribution in [2.75, 3.05) is 18.1 Å². The highest BCUT2D eigenvalue weighted by Gasteiger charge is 2.25. The maximum atomic E-state index is 12.3. The Morgan fingerprint density at radius 1 is 1.21 bits per heavy atom. The van der Waals surface area contributed by atoms with Crippen LogP contribution in [0.1, 0.15) is 42.1 Å².